The largest absolute Gasteiger partial charge is 0.457 e. The molecular weight excluding hydrogens is 412 g/mol. The van der Waals surface area contributed by atoms with Crippen molar-refractivity contribution in [1.82, 2.24) is 0 Å². The van der Waals surface area contributed by atoms with Crippen molar-refractivity contribution in [2.45, 2.75) is 26.0 Å². The zero-order valence-corrected chi connectivity index (χ0v) is 18.0. The minimum Gasteiger partial charge on any atom is -0.457 e. The van der Waals surface area contributed by atoms with Crippen molar-refractivity contribution in [1.29, 1.82) is 5.26 Å². The van der Waals surface area contributed by atoms with E-state index in [2.05, 4.69) is 11.4 Å². The number of hydrogen-bond donors (Lipinski definition) is 1. The number of anilines is 1. The summed E-state index contributed by atoms with van der Waals surface area (Å²) in [6, 6.07) is 24.8. The van der Waals surface area contributed by atoms with E-state index in [-0.39, 0.29) is 5.92 Å². The number of esters is 1. The second kappa shape index (κ2) is 10.5. The van der Waals surface area contributed by atoms with Gasteiger partial charge in [-0.1, -0.05) is 55.8 Å². The van der Waals surface area contributed by atoms with Crippen molar-refractivity contribution < 1.29 is 14.3 Å². The lowest BCUT2D eigenvalue weighted by molar-refractivity contribution is -0.148. The van der Waals surface area contributed by atoms with Crippen molar-refractivity contribution in [3.8, 4) is 17.6 Å². The minimum atomic E-state index is -1.06. The number of carbonyl (C=O) groups is 1. The standard InChI is InChI=1S/C25H23ClN2O3/c1-17(2)24(28-20-13-11-19(26)12-14-20)25(29)31-23(16-27)18-7-6-10-22(15-18)30-21-8-4-3-5-9-21/h3-15,17,23-24,28H,1-2H3. The van der Waals surface area contributed by atoms with E-state index in [1.54, 1.807) is 48.5 Å². The second-order valence-corrected chi connectivity index (χ2v) is 7.74. The third-order valence-corrected chi connectivity index (χ3v) is 4.83. The summed E-state index contributed by atoms with van der Waals surface area (Å²) in [6.45, 7) is 3.81. The maximum Gasteiger partial charge on any atom is 0.330 e. The molecule has 158 valence electrons. The number of nitrogens with zero attached hydrogens (tertiary/aromatic N) is 1. The summed E-state index contributed by atoms with van der Waals surface area (Å²) in [6.07, 6.45) is -1.06. The first-order valence-electron chi connectivity index (χ1n) is 9.91. The van der Waals surface area contributed by atoms with Gasteiger partial charge in [-0.15, -0.1) is 0 Å². The van der Waals surface area contributed by atoms with Crippen LogP contribution in [0.15, 0.2) is 78.9 Å². The first-order valence-corrected chi connectivity index (χ1v) is 10.3. The molecule has 2 unspecified atom stereocenters. The van der Waals surface area contributed by atoms with Crippen molar-refractivity contribution in [3.05, 3.63) is 89.4 Å². The van der Waals surface area contributed by atoms with Gasteiger partial charge >= 0.3 is 5.97 Å². The second-order valence-electron chi connectivity index (χ2n) is 7.31. The zero-order valence-electron chi connectivity index (χ0n) is 17.3. The molecule has 6 heteroatoms. The molecule has 0 aliphatic carbocycles. The van der Waals surface area contributed by atoms with Gasteiger partial charge in [-0.3, -0.25) is 0 Å². The first kappa shape index (κ1) is 22.2. The maximum atomic E-state index is 12.9. The molecule has 2 atom stereocenters. The Morgan fingerprint density at radius 1 is 0.968 bits per heavy atom. The van der Waals surface area contributed by atoms with Crippen LogP contribution in [0, 0.1) is 17.2 Å². The van der Waals surface area contributed by atoms with E-state index >= 15 is 0 Å². The number of nitrogens with one attached hydrogen (secondary N) is 1. The number of nitriles is 1. The summed E-state index contributed by atoms with van der Waals surface area (Å²) in [5.74, 6) is 0.665. The lowest BCUT2D eigenvalue weighted by Gasteiger charge is -2.23. The molecule has 5 nitrogen and oxygen atoms in total. The summed E-state index contributed by atoms with van der Waals surface area (Å²) in [5.41, 5.74) is 1.28. The molecule has 0 radical (unpaired) electrons. The van der Waals surface area contributed by atoms with Crippen LogP contribution in [0.1, 0.15) is 25.5 Å². The van der Waals surface area contributed by atoms with Gasteiger partial charge in [0.05, 0.1) is 0 Å². The molecule has 31 heavy (non-hydrogen) atoms. The van der Waals surface area contributed by atoms with E-state index in [0.29, 0.717) is 22.1 Å². The van der Waals surface area contributed by atoms with Crippen LogP contribution < -0.4 is 10.1 Å². The van der Waals surface area contributed by atoms with Crippen LogP contribution in [-0.2, 0) is 9.53 Å². The lowest BCUT2D eigenvalue weighted by Crippen LogP contribution is -2.36. The Kier molecular flexibility index (Phi) is 7.53. The quantitative estimate of drug-likeness (QED) is 0.416. The number of ether oxygens (including phenoxy) is 2. The van der Waals surface area contributed by atoms with Crippen molar-refractivity contribution >= 4 is 23.3 Å². The molecule has 3 aromatic rings. The molecule has 0 heterocycles. The van der Waals surface area contributed by atoms with Crippen LogP contribution in [0.4, 0.5) is 5.69 Å². The molecule has 0 saturated heterocycles. The van der Waals surface area contributed by atoms with Crippen LogP contribution in [0.25, 0.3) is 0 Å². The Hall–Kier alpha value is -3.49. The van der Waals surface area contributed by atoms with Crippen LogP contribution in [0.3, 0.4) is 0 Å². The van der Waals surface area contributed by atoms with Gasteiger partial charge in [-0.2, -0.15) is 5.26 Å². The highest BCUT2D eigenvalue weighted by molar-refractivity contribution is 6.30. The van der Waals surface area contributed by atoms with Crippen LogP contribution in [0.2, 0.25) is 5.02 Å². The van der Waals surface area contributed by atoms with Crippen LogP contribution in [-0.4, -0.2) is 12.0 Å². The smallest absolute Gasteiger partial charge is 0.330 e. The van der Waals surface area contributed by atoms with Crippen molar-refractivity contribution in [2.75, 3.05) is 5.32 Å². The highest BCUT2D eigenvalue weighted by Gasteiger charge is 2.27. The lowest BCUT2D eigenvalue weighted by atomic mass is 10.0. The predicted molar refractivity (Wildman–Crippen MR) is 121 cm³/mol. The number of benzene rings is 3. The van der Waals surface area contributed by atoms with E-state index in [0.717, 1.165) is 5.69 Å². The Morgan fingerprint density at radius 2 is 1.65 bits per heavy atom. The summed E-state index contributed by atoms with van der Waals surface area (Å²) in [5, 5.41) is 13.4. The third-order valence-electron chi connectivity index (χ3n) is 4.58. The SMILES string of the molecule is CC(C)C(Nc1ccc(Cl)cc1)C(=O)OC(C#N)c1cccc(Oc2ccccc2)c1. The molecule has 0 amide bonds. The Morgan fingerprint density at radius 3 is 2.29 bits per heavy atom. The molecule has 0 spiro atoms. The van der Waals surface area contributed by atoms with Gasteiger partial charge in [0.2, 0.25) is 6.10 Å². The molecule has 0 saturated carbocycles. The molecule has 3 aromatic carbocycles. The molecule has 0 aliphatic heterocycles. The fraction of sp³-hybridized carbons (Fsp3) is 0.200. The summed E-state index contributed by atoms with van der Waals surface area (Å²) < 4.78 is 11.4. The molecule has 0 aromatic heterocycles. The topological polar surface area (TPSA) is 71.3 Å². The highest BCUT2D eigenvalue weighted by Crippen LogP contribution is 2.27. The van der Waals surface area contributed by atoms with Gasteiger partial charge in [0.25, 0.3) is 0 Å². The van der Waals surface area contributed by atoms with Gasteiger partial charge in [0.1, 0.15) is 23.6 Å². The fourth-order valence-electron chi connectivity index (χ4n) is 2.95. The molecular formula is C25H23ClN2O3. The normalized spacial score (nSPS) is 12.5. The zero-order chi connectivity index (χ0) is 22.2. The predicted octanol–water partition coefficient (Wildman–Crippen LogP) is 6.38. The van der Waals surface area contributed by atoms with Gasteiger partial charge in [0.15, 0.2) is 0 Å². The number of rotatable bonds is 8. The number of hydrogen-bond acceptors (Lipinski definition) is 5. The average molecular weight is 435 g/mol. The van der Waals surface area contributed by atoms with Gasteiger partial charge in [-0.05, 0) is 54.4 Å². The molecule has 0 bridgehead atoms. The summed E-state index contributed by atoms with van der Waals surface area (Å²) in [7, 11) is 0. The Labute approximate surface area is 187 Å². The maximum absolute atomic E-state index is 12.9. The van der Waals surface area contributed by atoms with E-state index in [4.69, 9.17) is 21.1 Å². The van der Waals surface area contributed by atoms with Crippen LogP contribution in [0.5, 0.6) is 11.5 Å². The van der Waals surface area contributed by atoms with Crippen LogP contribution >= 0.6 is 11.6 Å². The van der Waals surface area contributed by atoms with E-state index < -0.39 is 18.1 Å². The number of carbonyl (C=O) groups excluding carboxylic acids is 1. The summed E-state index contributed by atoms with van der Waals surface area (Å²) in [4.78, 5) is 12.9. The number of halogens is 1. The molecule has 3 rings (SSSR count). The van der Waals surface area contributed by atoms with E-state index in [1.165, 1.54) is 0 Å². The molecule has 1 N–H and O–H groups in total. The van der Waals surface area contributed by atoms with Gasteiger partial charge in [0, 0.05) is 16.3 Å². The number of para-hydroxylation sites is 1. The van der Waals surface area contributed by atoms with E-state index in [9.17, 15) is 10.1 Å². The average Bonchev–Trinajstić information content (AvgIpc) is 2.77. The Balaban J connectivity index is 1.73. The van der Waals surface area contributed by atoms with Gasteiger partial charge < -0.3 is 14.8 Å². The van der Waals surface area contributed by atoms with Crippen molar-refractivity contribution in [3.63, 3.8) is 0 Å². The van der Waals surface area contributed by atoms with E-state index in [1.807, 2.05) is 44.2 Å². The fourth-order valence-corrected chi connectivity index (χ4v) is 3.07. The molecule has 0 fully saturated rings. The van der Waals surface area contributed by atoms with Gasteiger partial charge in [-0.25, -0.2) is 4.79 Å². The Bertz CT molecular complexity index is 1050. The highest BCUT2D eigenvalue weighted by atomic mass is 35.5. The van der Waals surface area contributed by atoms with Crippen molar-refractivity contribution in [2.24, 2.45) is 5.92 Å². The molecule has 0 aliphatic rings. The monoisotopic (exact) mass is 434 g/mol. The third kappa shape index (κ3) is 6.24. The first-order chi connectivity index (χ1) is 15.0. The summed E-state index contributed by atoms with van der Waals surface area (Å²) >= 11 is 5.93. The minimum absolute atomic E-state index is 0.0599.